The lowest BCUT2D eigenvalue weighted by atomic mass is 10.1. The minimum atomic E-state index is -0.346. The number of hydrogen-bond acceptors (Lipinski definition) is 4. The molecule has 0 saturated heterocycles. The Labute approximate surface area is 108 Å². The van der Waals surface area contributed by atoms with Crippen LogP contribution in [-0.4, -0.2) is 24.6 Å². The van der Waals surface area contributed by atoms with Gasteiger partial charge in [-0.15, -0.1) is 0 Å². The molecule has 1 unspecified atom stereocenters. The Morgan fingerprint density at radius 3 is 2.78 bits per heavy atom. The molecule has 0 bridgehead atoms. The smallest absolute Gasteiger partial charge is 0.339 e. The van der Waals surface area contributed by atoms with Crippen molar-refractivity contribution in [2.24, 2.45) is 11.3 Å². The topological polar surface area (TPSA) is 51.2 Å². The van der Waals surface area contributed by atoms with E-state index >= 15 is 0 Å². The largest absolute Gasteiger partial charge is 0.465 e. The van der Waals surface area contributed by atoms with Gasteiger partial charge in [0.1, 0.15) is 0 Å². The van der Waals surface area contributed by atoms with E-state index in [2.05, 4.69) is 28.9 Å². The third-order valence-electron chi connectivity index (χ3n) is 3.66. The van der Waals surface area contributed by atoms with E-state index in [4.69, 9.17) is 0 Å². The van der Waals surface area contributed by atoms with Crippen molar-refractivity contribution in [3.8, 4) is 0 Å². The molecule has 1 saturated carbocycles. The normalized spacial score (nSPS) is 20.5. The number of nitrogens with zero attached hydrogens (tertiary/aromatic N) is 1. The summed E-state index contributed by atoms with van der Waals surface area (Å²) >= 11 is 0. The molecule has 1 N–H and O–H groups in total. The van der Waals surface area contributed by atoms with Gasteiger partial charge in [-0.05, 0) is 36.4 Å². The number of pyridine rings is 1. The minimum absolute atomic E-state index is 0.346. The van der Waals surface area contributed by atoms with Crippen molar-refractivity contribution in [2.45, 2.75) is 26.8 Å². The average Bonchev–Trinajstić information content (AvgIpc) is 2.97. The molecule has 0 spiro atoms. The van der Waals surface area contributed by atoms with E-state index < -0.39 is 0 Å². The maximum absolute atomic E-state index is 11.2. The predicted molar refractivity (Wildman–Crippen MR) is 69.2 cm³/mol. The summed E-state index contributed by atoms with van der Waals surface area (Å²) in [5.74, 6) is 0.439. The summed E-state index contributed by atoms with van der Waals surface area (Å²) in [6.07, 6.45) is 2.86. The number of carbonyl (C=O) groups excluding carboxylic acids is 1. The molecule has 1 aliphatic carbocycles. The monoisotopic (exact) mass is 248 g/mol. The molecule has 0 aromatic carbocycles. The number of rotatable bonds is 5. The van der Waals surface area contributed by atoms with Crippen molar-refractivity contribution in [1.29, 1.82) is 0 Å². The molecule has 1 aromatic rings. The van der Waals surface area contributed by atoms with Gasteiger partial charge < -0.3 is 10.1 Å². The van der Waals surface area contributed by atoms with E-state index in [0.717, 1.165) is 24.7 Å². The highest BCUT2D eigenvalue weighted by Gasteiger charge is 2.44. The summed E-state index contributed by atoms with van der Waals surface area (Å²) in [7, 11) is 1.37. The number of ether oxygens (including phenoxy) is 1. The van der Waals surface area contributed by atoms with Crippen LogP contribution in [0.2, 0.25) is 0 Å². The van der Waals surface area contributed by atoms with Gasteiger partial charge in [-0.2, -0.15) is 0 Å². The Kier molecular flexibility index (Phi) is 3.66. The minimum Gasteiger partial charge on any atom is -0.465 e. The highest BCUT2D eigenvalue weighted by molar-refractivity contribution is 5.88. The van der Waals surface area contributed by atoms with Gasteiger partial charge in [0, 0.05) is 12.7 Å². The van der Waals surface area contributed by atoms with Gasteiger partial charge in [0.15, 0.2) is 0 Å². The molecule has 0 aliphatic heterocycles. The number of aromatic nitrogens is 1. The highest BCUT2D eigenvalue weighted by atomic mass is 16.5. The van der Waals surface area contributed by atoms with Crippen LogP contribution in [0.4, 0.5) is 0 Å². The van der Waals surface area contributed by atoms with Crippen LogP contribution in [0, 0.1) is 11.3 Å². The standard InChI is InChI=1S/C14H20N2O2/c1-14(2)6-11(14)8-15-9-12-5-4-10(7-16-12)13(17)18-3/h4-5,7,11,15H,6,8-9H2,1-3H3. The van der Waals surface area contributed by atoms with E-state index in [-0.39, 0.29) is 5.97 Å². The summed E-state index contributed by atoms with van der Waals surface area (Å²) in [6.45, 7) is 6.37. The second-order valence-electron chi connectivity index (χ2n) is 5.55. The van der Waals surface area contributed by atoms with Crippen LogP contribution in [0.25, 0.3) is 0 Å². The molecule has 4 nitrogen and oxygen atoms in total. The third kappa shape index (κ3) is 3.07. The molecule has 1 aromatic heterocycles. The Morgan fingerprint density at radius 1 is 1.56 bits per heavy atom. The maximum Gasteiger partial charge on any atom is 0.339 e. The van der Waals surface area contributed by atoms with Crippen molar-refractivity contribution >= 4 is 5.97 Å². The van der Waals surface area contributed by atoms with Gasteiger partial charge in [-0.25, -0.2) is 4.79 Å². The van der Waals surface area contributed by atoms with Crippen molar-refractivity contribution in [3.05, 3.63) is 29.6 Å². The fraction of sp³-hybridized carbons (Fsp3) is 0.571. The van der Waals surface area contributed by atoms with Gasteiger partial charge in [0.05, 0.1) is 18.4 Å². The Hall–Kier alpha value is -1.42. The fourth-order valence-corrected chi connectivity index (χ4v) is 2.07. The van der Waals surface area contributed by atoms with Crippen molar-refractivity contribution in [3.63, 3.8) is 0 Å². The maximum atomic E-state index is 11.2. The van der Waals surface area contributed by atoms with Crippen LogP contribution in [0.3, 0.4) is 0 Å². The summed E-state index contributed by atoms with van der Waals surface area (Å²) in [4.78, 5) is 15.5. The van der Waals surface area contributed by atoms with Crippen molar-refractivity contribution in [2.75, 3.05) is 13.7 Å². The number of hydrogen-bond donors (Lipinski definition) is 1. The molecule has 98 valence electrons. The third-order valence-corrected chi connectivity index (χ3v) is 3.66. The van der Waals surface area contributed by atoms with Crippen LogP contribution in [0.5, 0.6) is 0 Å². The highest BCUT2D eigenvalue weighted by Crippen LogP contribution is 2.50. The van der Waals surface area contributed by atoms with Gasteiger partial charge in [0.2, 0.25) is 0 Å². The number of carbonyl (C=O) groups is 1. The molecule has 1 aliphatic rings. The SMILES string of the molecule is COC(=O)c1ccc(CNCC2CC2(C)C)nc1. The van der Waals surface area contributed by atoms with Gasteiger partial charge in [-0.3, -0.25) is 4.98 Å². The van der Waals surface area contributed by atoms with E-state index in [1.54, 1.807) is 12.3 Å². The lowest BCUT2D eigenvalue weighted by Gasteiger charge is -2.06. The lowest BCUT2D eigenvalue weighted by molar-refractivity contribution is 0.0600. The molecule has 2 rings (SSSR count). The van der Waals surface area contributed by atoms with E-state index in [1.165, 1.54) is 13.5 Å². The molecule has 18 heavy (non-hydrogen) atoms. The van der Waals surface area contributed by atoms with E-state index in [1.807, 2.05) is 6.07 Å². The summed E-state index contributed by atoms with van der Waals surface area (Å²) in [6, 6.07) is 3.61. The fourth-order valence-electron chi connectivity index (χ4n) is 2.07. The van der Waals surface area contributed by atoms with E-state index in [9.17, 15) is 4.79 Å². The van der Waals surface area contributed by atoms with E-state index in [0.29, 0.717) is 11.0 Å². The average molecular weight is 248 g/mol. The van der Waals surface area contributed by atoms with Crippen LogP contribution < -0.4 is 5.32 Å². The lowest BCUT2D eigenvalue weighted by Crippen LogP contribution is -2.18. The number of esters is 1. The number of methoxy groups -OCH3 is 1. The van der Waals surface area contributed by atoms with Crippen molar-refractivity contribution in [1.82, 2.24) is 10.3 Å². The van der Waals surface area contributed by atoms with Gasteiger partial charge in [0.25, 0.3) is 0 Å². The molecule has 1 heterocycles. The first kappa shape index (κ1) is 13.0. The quantitative estimate of drug-likeness (QED) is 0.810. The molecule has 0 radical (unpaired) electrons. The van der Waals surface area contributed by atoms with Crippen LogP contribution in [0.1, 0.15) is 36.3 Å². The zero-order valence-corrected chi connectivity index (χ0v) is 11.2. The van der Waals surface area contributed by atoms with Crippen LogP contribution >= 0.6 is 0 Å². The van der Waals surface area contributed by atoms with Crippen molar-refractivity contribution < 1.29 is 9.53 Å². The molecular weight excluding hydrogens is 228 g/mol. The van der Waals surface area contributed by atoms with Gasteiger partial charge >= 0.3 is 5.97 Å². The molecule has 0 amide bonds. The molecule has 4 heteroatoms. The van der Waals surface area contributed by atoms with Crippen LogP contribution in [0.15, 0.2) is 18.3 Å². The summed E-state index contributed by atoms with van der Waals surface area (Å²) in [5, 5.41) is 3.40. The predicted octanol–water partition coefficient (Wildman–Crippen LogP) is 2.00. The van der Waals surface area contributed by atoms with Gasteiger partial charge in [-0.1, -0.05) is 13.8 Å². The Bertz CT molecular complexity index is 426. The molecule has 1 atom stereocenters. The second-order valence-corrected chi connectivity index (χ2v) is 5.55. The second kappa shape index (κ2) is 5.06. The molecule has 1 fully saturated rings. The number of nitrogens with one attached hydrogen (secondary N) is 1. The zero-order valence-electron chi connectivity index (χ0n) is 11.2. The first-order valence-electron chi connectivity index (χ1n) is 6.27. The Morgan fingerprint density at radius 2 is 2.28 bits per heavy atom. The first-order chi connectivity index (χ1) is 8.53. The Balaban J connectivity index is 1.78. The van der Waals surface area contributed by atoms with Crippen LogP contribution in [-0.2, 0) is 11.3 Å². The summed E-state index contributed by atoms with van der Waals surface area (Å²) < 4.78 is 4.63. The molecular formula is C14H20N2O2. The first-order valence-corrected chi connectivity index (χ1v) is 6.27. The zero-order chi connectivity index (χ0) is 13.2. The summed E-state index contributed by atoms with van der Waals surface area (Å²) in [5.41, 5.74) is 1.94.